The first-order valence-corrected chi connectivity index (χ1v) is 9.59. The molecule has 0 fully saturated rings. The normalized spacial score (nSPS) is 18.7. The molecule has 0 spiro atoms. The molecule has 0 saturated heterocycles. The lowest BCUT2D eigenvalue weighted by atomic mass is 9.96. The van der Waals surface area contributed by atoms with E-state index in [-0.39, 0.29) is 11.8 Å². The van der Waals surface area contributed by atoms with Crippen molar-refractivity contribution in [3.63, 3.8) is 0 Å². The van der Waals surface area contributed by atoms with E-state index in [1.54, 1.807) is 18.4 Å². The maximum Gasteiger partial charge on any atom is 0.227 e. The van der Waals surface area contributed by atoms with Crippen LogP contribution in [0.25, 0.3) is 0 Å². The smallest absolute Gasteiger partial charge is 0.227 e. The highest BCUT2D eigenvalue weighted by Crippen LogP contribution is 2.31. The second-order valence-electron chi connectivity index (χ2n) is 6.59. The number of hydrogen-bond acceptors (Lipinski definition) is 5. The van der Waals surface area contributed by atoms with Gasteiger partial charge in [-0.2, -0.15) is 0 Å². The van der Waals surface area contributed by atoms with E-state index < -0.39 is 0 Å². The van der Waals surface area contributed by atoms with Gasteiger partial charge in [0.1, 0.15) is 23.1 Å². The molecule has 1 atom stereocenters. The first-order chi connectivity index (χ1) is 12.2. The summed E-state index contributed by atoms with van der Waals surface area (Å²) in [5.41, 5.74) is 2.29. The molecule has 1 unspecified atom stereocenters. The number of nitrogens with one attached hydrogen (secondary N) is 1. The van der Waals surface area contributed by atoms with Crippen LogP contribution >= 0.6 is 11.3 Å². The minimum Gasteiger partial charge on any atom is -0.497 e. The number of aryl methyl sites for hydroxylation is 2. The molecule has 6 heteroatoms. The number of rotatable bonds is 4. The molecule has 1 N–H and O–H groups in total. The largest absolute Gasteiger partial charge is 0.497 e. The Bertz CT molecular complexity index is 763. The Morgan fingerprint density at radius 1 is 1.40 bits per heavy atom. The molecule has 1 aliphatic heterocycles. The van der Waals surface area contributed by atoms with Crippen molar-refractivity contribution in [2.45, 2.75) is 38.6 Å². The van der Waals surface area contributed by atoms with Gasteiger partial charge in [-0.05, 0) is 43.7 Å². The first kappa shape index (κ1) is 16.4. The van der Waals surface area contributed by atoms with E-state index in [4.69, 9.17) is 9.47 Å². The SMILES string of the molecule is COc1ccc2c(c1)OCC(C(=O)NCc1nc3c(s1)CCCC3)C2. The molecule has 4 rings (SSSR count). The molecule has 5 nitrogen and oxygen atoms in total. The zero-order valence-corrected chi connectivity index (χ0v) is 15.2. The first-order valence-electron chi connectivity index (χ1n) is 8.78. The van der Waals surface area contributed by atoms with Gasteiger partial charge in [-0.3, -0.25) is 4.79 Å². The van der Waals surface area contributed by atoms with Crippen molar-refractivity contribution in [3.05, 3.63) is 39.3 Å². The van der Waals surface area contributed by atoms with Gasteiger partial charge in [0.2, 0.25) is 5.91 Å². The quantitative estimate of drug-likeness (QED) is 0.913. The van der Waals surface area contributed by atoms with Crippen LogP contribution in [-0.2, 0) is 30.6 Å². The zero-order valence-electron chi connectivity index (χ0n) is 14.3. The number of benzene rings is 1. The van der Waals surface area contributed by atoms with Crippen molar-refractivity contribution in [1.82, 2.24) is 10.3 Å². The van der Waals surface area contributed by atoms with Crippen molar-refractivity contribution in [1.29, 1.82) is 0 Å². The van der Waals surface area contributed by atoms with Crippen molar-refractivity contribution < 1.29 is 14.3 Å². The van der Waals surface area contributed by atoms with Crippen LogP contribution in [0.4, 0.5) is 0 Å². The summed E-state index contributed by atoms with van der Waals surface area (Å²) in [7, 11) is 1.64. The minimum atomic E-state index is -0.157. The van der Waals surface area contributed by atoms with Gasteiger partial charge in [-0.15, -0.1) is 11.3 Å². The monoisotopic (exact) mass is 358 g/mol. The van der Waals surface area contributed by atoms with E-state index >= 15 is 0 Å². The fourth-order valence-corrected chi connectivity index (χ4v) is 4.53. The summed E-state index contributed by atoms with van der Waals surface area (Å²) in [5, 5.41) is 4.05. The summed E-state index contributed by atoms with van der Waals surface area (Å²) < 4.78 is 11.0. The van der Waals surface area contributed by atoms with Gasteiger partial charge in [0, 0.05) is 10.9 Å². The van der Waals surface area contributed by atoms with Crippen molar-refractivity contribution >= 4 is 17.2 Å². The maximum absolute atomic E-state index is 12.5. The number of methoxy groups -OCH3 is 1. The van der Waals surface area contributed by atoms with Gasteiger partial charge in [0.15, 0.2) is 0 Å². The van der Waals surface area contributed by atoms with Crippen LogP contribution in [0, 0.1) is 5.92 Å². The van der Waals surface area contributed by atoms with E-state index in [1.165, 1.54) is 23.4 Å². The molecule has 2 aromatic rings. The molecule has 0 radical (unpaired) electrons. The van der Waals surface area contributed by atoms with Crippen molar-refractivity contribution in [3.8, 4) is 11.5 Å². The Kier molecular flexibility index (Phi) is 4.61. The van der Waals surface area contributed by atoms with Crippen LogP contribution in [0.2, 0.25) is 0 Å². The second kappa shape index (κ2) is 7.04. The van der Waals surface area contributed by atoms with E-state index in [0.29, 0.717) is 19.6 Å². The third-order valence-corrected chi connectivity index (χ3v) is 6.01. The Hall–Kier alpha value is -2.08. The highest BCUT2D eigenvalue weighted by Gasteiger charge is 2.26. The minimum absolute atomic E-state index is 0.0367. The van der Waals surface area contributed by atoms with Crippen LogP contribution in [0.3, 0.4) is 0 Å². The summed E-state index contributed by atoms with van der Waals surface area (Å²) in [6.45, 7) is 0.919. The van der Waals surface area contributed by atoms with Crippen LogP contribution in [0.1, 0.15) is 34.0 Å². The molecule has 2 heterocycles. The molecule has 1 aliphatic carbocycles. The molecular weight excluding hydrogens is 336 g/mol. The lowest BCUT2D eigenvalue weighted by Crippen LogP contribution is -2.37. The van der Waals surface area contributed by atoms with Gasteiger partial charge in [0.05, 0.1) is 25.3 Å². The van der Waals surface area contributed by atoms with E-state index in [0.717, 1.165) is 34.9 Å². The summed E-state index contributed by atoms with van der Waals surface area (Å²) in [6, 6.07) is 5.76. The van der Waals surface area contributed by atoms with Crippen LogP contribution in [0.15, 0.2) is 18.2 Å². The van der Waals surface area contributed by atoms with Gasteiger partial charge < -0.3 is 14.8 Å². The molecule has 1 aromatic carbocycles. The van der Waals surface area contributed by atoms with Crippen LogP contribution in [-0.4, -0.2) is 24.6 Å². The second-order valence-corrected chi connectivity index (χ2v) is 7.76. The van der Waals surface area contributed by atoms with E-state index in [1.807, 2.05) is 18.2 Å². The Morgan fingerprint density at radius 2 is 2.28 bits per heavy atom. The third-order valence-electron chi connectivity index (χ3n) is 4.86. The highest BCUT2D eigenvalue weighted by atomic mass is 32.1. The molecular formula is C19H22N2O3S. The number of ether oxygens (including phenoxy) is 2. The summed E-state index contributed by atoms with van der Waals surface area (Å²) in [6.07, 6.45) is 5.39. The fraction of sp³-hybridized carbons (Fsp3) is 0.474. The number of amides is 1. The number of carbonyl (C=O) groups excluding carboxylic acids is 1. The molecule has 1 aromatic heterocycles. The number of hydrogen-bond donors (Lipinski definition) is 1. The Labute approximate surface area is 151 Å². The summed E-state index contributed by atoms with van der Waals surface area (Å²) in [5.74, 6) is 1.47. The molecule has 25 heavy (non-hydrogen) atoms. The van der Waals surface area contributed by atoms with Gasteiger partial charge in [-0.25, -0.2) is 4.98 Å². The maximum atomic E-state index is 12.5. The average Bonchev–Trinajstić information content (AvgIpc) is 3.08. The van der Waals surface area contributed by atoms with Crippen LogP contribution < -0.4 is 14.8 Å². The van der Waals surface area contributed by atoms with E-state index in [2.05, 4.69) is 10.3 Å². The fourth-order valence-electron chi connectivity index (χ4n) is 3.44. The van der Waals surface area contributed by atoms with Gasteiger partial charge >= 0.3 is 0 Å². The number of aromatic nitrogens is 1. The number of carbonyl (C=O) groups is 1. The topological polar surface area (TPSA) is 60.5 Å². The number of nitrogens with zero attached hydrogens (tertiary/aromatic N) is 1. The molecule has 0 saturated carbocycles. The van der Waals surface area contributed by atoms with E-state index in [9.17, 15) is 4.79 Å². The summed E-state index contributed by atoms with van der Waals surface area (Å²) in [4.78, 5) is 18.6. The standard InChI is InChI=1S/C19H22N2O3S/c1-23-14-7-6-12-8-13(11-24-16(12)9-14)19(22)20-10-18-21-15-4-2-3-5-17(15)25-18/h6-7,9,13H,2-5,8,10-11H2,1H3,(H,20,22). The lowest BCUT2D eigenvalue weighted by Gasteiger charge is -2.24. The highest BCUT2D eigenvalue weighted by molar-refractivity contribution is 7.11. The Balaban J connectivity index is 1.36. The predicted octanol–water partition coefficient (Wildman–Crippen LogP) is 2.90. The average molecular weight is 358 g/mol. The lowest BCUT2D eigenvalue weighted by molar-refractivity contribution is -0.126. The molecule has 1 amide bonds. The van der Waals surface area contributed by atoms with Crippen LogP contribution in [0.5, 0.6) is 11.5 Å². The Morgan fingerprint density at radius 3 is 3.12 bits per heavy atom. The molecule has 0 bridgehead atoms. The van der Waals surface area contributed by atoms with Crippen molar-refractivity contribution in [2.75, 3.05) is 13.7 Å². The predicted molar refractivity (Wildman–Crippen MR) is 96.3 cm³/mol. The zero-order chi connectivity index (χ0) is 17.2. The van der Waals surface area contributed by atoms with Gasteiger partial charge in [-0.1, -0.05) is 6.07 Å². The number of fused-ring (bicyclic) bond motifs is 2. The number of thiazole rings is 1. The molecule has 132 valence electrons. The third kappa shape index (κ3) is 3.49. The van der Waals surface area contributed by atoms with Gasteiger partial charge in [0.25, 0.3) is 0 Å². The molecule has 2 aliphatic rings. The van der Waals surface area contributed by atoms with Crippen molar-refractivity contribution in [2.24, 2.45) is 5.92 Å². The summed E-state index contributed by atoms with van der Waals surface area (Å²) >= 11 is 1.75.